The lowest BCUT2D eigenvalue weighted by molar-refractivity contribution is 0.289. The van der Waals surface area contributed by atoms with Gasteiger partial charge >= 0.3 is 0 Å². The van der Waals surface area contributed by atoms with Crippen LogP contribution in [0.15, 0.2) is 25.3 Å². The maximum Gasteiger partial charge on any atom is 0.0157 e. The van der Waals surface area contributed by atoms with E-state index in [1.54, 1.807) is 0 Å². The van der Waals surface area contributed by atoms with Crippen LogP contribution in [0.5, 0.6) is 0 Å². The van der Waals surface area contributed by atoms with E-state index in [1.807, 2.05) is 12.2 Å². The van der Waals surface area contributed by atoms with Crippen LogP contribution >= 0.6 is 0 Å². The minimum atomic E-state index is 0.771. The molecule has 0 aromatic rings. The van der Waals surface area contributed by atoms with Crippen LogP contribution in [0.25, 0.3) is 0 Å². The van der Waals surface area contributed by atoms with Crippen molar-refractivity contribution in [1.29, 1.82) is 0 Å². The first-order valence-electron chi connectivity index (χ1n) is 5.14. The van der Waals surface area contributed by atoms with Crippen LogP contribution < -0.4 is 0 Å². The number of likely N-dealkylation sites (N-methyl/N-ethyl adjacent to an activating group) is 1. The van der Waals surface area contributed by atoms with Crippen LogP contribution in [-0.2, 0) is 0 Å². The summed E-state index contributed by atoms with van der Waals surface area (Å²) in [5.41, 5.74) is 0. The van der Waals surface area contributed by atoms with E-state index in [4.69, 9.17) is 0 Å². The maximum absolute atomic E-state index is 3.80. The van der Waals surface area contributed by atoms with Gasteiger partial charge in [-0.2, -0.15) is 0 Å². The third-order valence-electron chi connectivity index (χ3n) is 2.21. The van der Waals surface area contributed by atoms with Crippen molar-refractivity contribution in [1.82, 2.24) is 4.90 Å². The fraction of sp³-hybridized carbons (Fsp3) is 0.667. The zero-order chi connectivity index (χ0) is 10.1. The molecule has 0 aliphatic heterocycles. The summed E-state index contributed by atoms with van der Waals surface area (Å²) in [6.45, 7) is 11.9. The SMILES string of the molecule is C=CCC(CCC)CN(C)CC=C. The van der Waals surface area contributed by atoms with Crippen LogP contribution in [0, 0.1) is 5.92 Å². The second-order valence-electron chi connectivity index (χ2n) is 3.69. The Balaban J connectivity index is 3.77. The molecule has 0 amide bonds. The maximum atomic E-state index is 3.80. The van der Waals surface area contributed by atoms with Crippen molar-refractivity contribution in [3.8, 4) is 0 Å². The molecule has 1 heteroatoms. The van der Waals surface area contributed by atoms with E-state index in [9.17, 15) is 0 Å². The van der Waals surface area contributed by atoms with Gasteiger partial charge in [-0.15, -0.1) is 13.2 Å². The third-order valence-corrected chi connectivity index (χ3v) is 2.21. The fourth-order valence-electron chi connectivity index (χ4n) is 1.66. The van der Waals surface area contributed by atoms with Gasteiger partial charge in [0.05, 0.1) is 0 Å². The predicted molar refractivity (Wildman–Crippen MR) is 60.9 cm³/mol. The molecule has 1 atom stereocenters. The molecular formula is C12H23N. The molecule has 1 nitrogen and oxygen atoms in total. The molecule has 0 spiro atoms. The van der Waals surface area contributed by atoms with Crippen molar-refractivity contribution in [2.75, 3.05) is 20.1 Å². The molecule has 0 bridgehead atoms. The Morgan fingerprint density at radius 1 is 1.31 bits per heavy atom. The highest BCUT2D eigenvalue weighted by atomic mass is 15.1. The molecule has 0 radical (unpaired) electrons. The molecule has 0 saturated carbocycles. The molecule has 0 N–H and O–H groups in total. The Morgan fingerprint density at radius 2 is 2.00 bits per heavy atom. The summed E-state index contributed by atoms with van der Waals surface area (Å²) in [6.07, 6.45) is 7.68. The molecule has 0 aliphatic rings. The Morgan fingerprint density at radius 3 is 2.46 bits per heavy atom. The summed E-state index contributed by atoms with van der Waals surface area (Å²) in [7, 11) is 2.15. The average Bonchev–Trinajstić information content (AvgIpc) is 2.05. The first-order chi connectivity index (χ1) is 6.24. The first-order valence-corrected chi connectivity index (χ1v) is 5.14. The minimum absolute atomic E-state index is 0.771. The molecule has 76 valence electrons. The monoisotopic (exact) mass is 181 g/mol. The lowest BCUT2D eigenvalue weighted by Crippen LogP contribution is -2.25. The Labute approximate surface area is 83.1 Å². The van der Waals surface area contributed by atoms with Crippen LogP contribution in [-0.4, -0.2) is 25.0 Å². The van der Waals surface area contributed by atoms with E-state index >= 15 is 0 Å². The summed E-state index contributed by atoms with van der Waals surface area (Å²) >= 11 is 0. The van der Waals surface area contributed by atoms with E-state index < -0.39 is 0 Å². The molecule has 13 heavy (non-hydrogen) atoms. The van der Waals surface area contributed by atoms with Gasteiger partial charge in [-0.05, 0) is 25.8 Å². The highest BCUT2D eigenvalue weighted by molar-refractivity contribution is 4.77. The summed E-state index contributed by atoms with van der Waals surface area (Å²) in [6, 6.07) is 0. The summed E-state index contributed by atoms with van der Waals surface area (Å²) in [5.74, 6) is 0.771. The Hall–Kier alpha value is -0.560. The van der Waals surface area contributed by atoms with Crippen LogP contribution in [0.2, 0.25) is 0 Å². The largest absolute Gasteiger partial charge is 0.302 e. The summed E-state index contributed by atoms with van der Waals surface area (Å²) in [5, 5.41) is 0. The van der Waals surface area contributed by atoms with E-state index in [0.717, 1.165) is 25.4 Å². The standard InChI is InChI=1S/C12H23N/c1-5-8-12(9-6-2)11-13(4)10-7-3/h5,7,12H,1,3,6,8-11H2,2,4H3. The van der Waals surface area contributed by atoms with Gasteiger partial charge in [-0.3, -0.25) is 0 Å². The van der Waals surface area contributed by atoms with Crippen molar-refractivity contribution < 1.29 is 0 Å². The van der Waals surface area contributed by atoms with Gasteiger partial charge in [0.2, 0.25) is 0 Å². The van der Waals surface area contributed by atoms with Crippen molar-refractivity contribution in [2.45, 2.75) is 26.2 Å². The van der Waals surface area contributed by atoms with Gasteiger partial charge in [0.25, 0.3) is 0 Å². The van der Waals surface area contributed by atoms with Crippen LogP contribution in [0.1, 0.15) is 26.2 Å². The quantitative estimate of drug-likeness (QED) is 0.520. The smallest absolute Gasteiger partial charge is 0.0157 e. The van der Waals surface area contributed by atoms with E-state index in [0.29, 0.717) is 0 Å². The number of allylic oxidation sites excluding steroid dienone is 1. The molecule has 0 aromatic carbocycles. The Bertz CT molecular complexity index is 140. The van der Waals surface area contributed by atoms with Crippen molar-refractivity contribution >= 4 is 0 Å². The topological polar surface area (TPSA) is 3.24 Å². The highest BCUT2D eigenvalue weighted by Gasteiger charge is 2.07. The lowest BCUT2D eigenvalue weighted by atomic mass is 9.99. The summed E-state index contributed by atoms with van der Waals surface area (Å²) < 4.78 is 0. The average molecular weight is 181 g/mol. The van der Waals surface area contributed by atoms with Gasteiger partial charge < -0.3 is 4.90 Å². The van der Waals surface area contributed by atoms with Gasteiger partial charge in [-0.25, -0.2) is 0 Å². The number of nitrogens with zero attached hydrogens (tertiary/aromatic N) is 1. The molecule has 1 unspecified atom stereocenters. The number of rotatable bonds is 8. The molecule has 0 saturated heterocycles. The normalized spacial score (nSPS) is 12.8. The van der Waals surface area contributed by atoms with Gasteiger partial charge in [0, 0.05) is 13.1 Å². The fourth-order valence-corrected chi connectivity index (χ4v) is 1.66. The molecule has 0 heterocycles. The van der Waals surface area contributed by atoms with E-state index in [1.165, 1.54) is 12.8 Å². The van der Waals surface area contributed by atoms with Crippen LogP contribution in [0.3, 0.4) is 0 Å². The van der Waals surface area contributed by atoms with Crippen LogP contribution in [0.4, 0.5) is 0 Å². The second-order valence-corrected chi connectivity index (χ2v) is 3.69. The minimum Gasteiger partial charge on any atom is -0.302 e. The van der Waals surface area contributed by atoms with Gasteiger partial charge in [0.1, 0.15) is 0 Å². The molecule has 0 aromatic heterocycles. The first kappa shape index (κ1) is 12.4. The van der Waals surface area contributed by atoms with E-state index in [-0.39, 0.29) is 0 Å². The number of hydrogen-bond donors (Lipinski definition) is 0. The predicted octanol–water partition coefficient (Wildman–Crippen LogP) is 3.10. The van der Waals surface area contributed by atoms with Crippen molar-refractivity contribution in [2.24, 2.45) is 5.92 Å². The Kier molecular flexibility index (Phi) is 7.71. The number of hydrogen-bond acceptors (Lipinski definition) is 1. The molecule has 0 rings (SSSR count). The molecule has 0 fully saturated rings. The zero-order valence-corrected chi connectivity index (χ0v) is 9.13. The highest BCUT2D eigenvalue weighted by Crippen LogP contribution is 2.12. The van der Waals surface area contributed by atoms with Gasteiger partial charge in [-0.1, -0.05) is 25.5 Å². The summed E-state index contributed by atoms with van der Waals surface area (Å²) in [4.78, 5) is 2.32. The molecule has 0 aliphatic carbocycles. The second kappa shape index (κ2) is 8.06. The zero-order valence-electron chi connectivity index (χ0n) is 9.13. The van der Waals surface area contributed by atoms with Gasteiger partial charge in [0.15, 0.2) is 0 Å². The molecular weight excluding hydrogens is 158 g/mol. The van der Waals surface area contributed by atoms with Crippen molar-refractivity contribution in [3.63, 3.8) is 0 Å². The van der Waals surface area contributed by atoms with Crippen molar-refractivity contribution in [3.05, 3.63) is 25.3 Å². The van der Waals surface area contributed by atoms with E-state index in [2.05, 4.69) is 32.0 Å². The lowest BCUT2D eigenvalue weighted by Gasteiger charge is -2.21. The third kappa shape index (κ3) is 6.59.